The summed E-state index contributed by atoms with van der Waals surface area (Å²) in [4.78, 5) is 43.8. The van der Waals surface area contributed by atoms with Crippen molar-refractivity contribution in [3.8, 4) is 0 Å². The van der Waals surface area contributed by atoms with Gasteiger partial charge in [-0.1, -0.05) is 60.7 Å². The van der Waals surface area contributed by atoms with Crippen LogP contribution in [0.1, 0.15) is 43.7 Å². The number of likely N-dealkylation sites (N-methyl/N-ethyl adjacent to an activating group) is 1. The van der Waals surface area contributed by atoms with E-state index in [9.17, 15) is 14.4 Å². The maximum Gasteiger partial charge on any atom is 0.246 e. The number of nitrogens with zero attached hydrogens (tertiary/aromatic N) is 2. The van der Waals surface area contributed by atoms with Crippen LogP contribution in [0.2, 0.25) is 0 Å². The zero-order valence-corrected chi connectivity index (χ0v) is 22.8. The quantitative estimate of drug-likeness (QED) is 0.556. The van der Waals surface area contributed by atoms with E-state index >= 15 is 0 Å². The number of likely N-dealkylation sites (tertiary alicyclic amines) is 2. The minimum atomic E-state index is -1.10. The van der Waals surface area contributed by atoms with Gasteiger partial charge >= 0.3 is 0 Å². The number of carbonyl (C=O) groups excluding carboxylic acids is 3. The van der Waals surface area contributed by atoms with Crippen molar-refractivity contribution in [1.82, 2.24) is 15.1 Å². The van der Waals surface area contributed by atoms with Crippen LogP contribution in [0.3, 0.4) is 0 Å². The number of hydrogen-bond acceptors (Lipinski definition) is 5. The molecule has 0 radical (unpaired) electrons. The molecule has 0 bridgehead atoms. The Labute approximate surface area is 224 Å². The van der Waals surface area contributed by atoms with Gasteiger partial charge in [-0.2, -0.15) is 11.8 Å². The van der Waals surface area contributed by atoms with Gasteiger partial charge < -0.3 is 20.9 Å². The van der Waals surface area contributed by atoms with Crippen molar-refractivity contribution in [3.63, 3.8) is 0 Å². The van der Waals surface area contributed by atoms with Crippen LogP contribution in [0.15, 0.2) is 60.7 Å². The minimum Gasteiger partial charge on any atom is -0.345 e. The zero-order valence-electron chi connectivity index (χ0n) is 22.0. The van der Waals surface area contributed by atoms with Gasteiger partial charge in [0.25, 0.3) is 0 Å². The molecule has 1 spiro atoms. The van der Waals surface area contributed by atoms with E-state index in [1.165, 1.54) is 0 Å². The van der Waals surface area contributed by atoms with Gasteiger partial charge in [-0.05, 0) is 37.8 Å². The number of rotatable bonds is 8. The lowest BCUT2D eigenvalue weighted by Crippen LogP contribution is -2.60. The van der Waals surface area contributed by atoms with Crippen LogP contribution in [0.4, 0.5) is 0 Å². The third-order valence-electron chi connectivity index (χ3n) is 7.52. The fourth-order valence-corrected chi connectivity index (χ4v) is 6.52. The molecule has 2 fully saturated rings. The summed E-state index contributed by atoms with van der Waals surface area (Å²) < 4.78 is 0. The van der Waals surface area contributed by atoms with Gasteiger partial charge in [0.1, 0.15) is 6.04 Å². The molecule has 198 valence electrons. The summed E-state index contributed by atoms with van der Waals surface area (Å²) in [5.41, 5.74) is 6.58. The van der Waals surface area contributed by atoms with E-state index < -0.39 is 17.0 Å². The zero-order chi connectivity index (χ0) is 26.6. The Morgan fingerprint density at radius 3 is 2.43 bits per heavy atom. The first-order valence-electron chi connectivity index (χ1n) is 12.9. The maximum atomic E-state index is 13.9. The summed E-state index contributed by atoms with van der Waals surface area (Å²) in [6, 6.07) is 19.5. The molecule has 3 amide bonds. The van der Waals surface area contributed by atoms with Crippen molar-refractivity contribution < 1.29 is 14.4 Å². The van der Waals surface area contributed by atoms with Crippen molar-refractivity contribution in [1.29, 1.82) is 0 Å². The van der Waals surface area contributed by atoms with Gasteiger partial charge in [-0.3, -0.25) is 14.4 Å². The van der Waals surface area contributed by atoms with Gasteiger partial charge in [0.05, 0.1) is 11.0 Å². The molecule has 4 rings (SSSR count). The third-order valence-corrected chi connectivity index (χ3v) is 8.62. The topological polar surface area (TPSA) is 95.7 Å². The van der Waals surface area contributed by atoms with Crippen LogP contribution in [-0.2, 0) is 20.1 Å². The molecule has 3 atom stereocenters. The maximum absolute atomic E-state index is 13.9. The Morgan fingerprint density at radius 2 is 1.78 bits per heavy atom. The van der Waals surface area contributed by atoms with E-state index in [2.05, 4.69) is 17.4 Å². The van der Waals surface area contributed by atoms with Gasteiger partial charge in [-0.25, -0.2) is 0 Å². The number of thioether (sulfide) groups is 1. The van der Waals surface area contributed by atoms with Crippen LogP contribution in [0.5, 0.6) is 0 Å². The van der Waals surface area contributed by atoms with Crippen molar-refractivity contribution >= 4 is 29.5 Å². The number of nitrogens with two attached hydrogens (primary N) is 1. The Hall–Kier alpha value is -2.84. The lowest BCUT2D eigenvalue weighted by molar-refractivity contribution is -0.145. The number of piperidine rings is 1. The largest absolute Gasteiger partial charge is 0.345 e. The summed E-state index contributed by atoms with van der Waals surface area (Å²) >= 11 is 1.60. The SMILES string of the molecule is CN1CC(c2ccccc2)[C@@]2(CCCN(C(=O)C(CSCc3ccccc3)NC(=O)C(C)(C)N)C2)C1=O. The van der Waals surface area contributed by atoms with Crippen molar-refractivity contribution in [2.24, 2.45) is 11.1 Å². The molecule has 37 heavy (non-hydrogen) atoms. The molecule has 2 saturated heterocycles. The Bertz CT molecular complexity index is 1110. The normalized spacial score (nSPS) is 22.8. The molecule has 0 saturated carbocycles. The first-order valence-corrected chi connectivity index (χ1v) is 14.1. The molecular weight excluding hydrogens is 484 g/mol. The van der Waals surface area contributed by atoms with Crippen molar-refractivity contribution in [2.45, 2.75) is 49.9 Å². The van der Waals surface area contributed by atoms with E-state index in [-0.39, 0.29) is 23.6 Å². The van der Waals surface area contributed by atoms with Crippen LogP contribution in [0.25, 0.3) is 0 Å². The highest BCUT2D eigenvalue weighted by Crippen LogP contribution is 2.49. The van der Waals surface area contributed by atoms with E-state index in [4.69, 9.17) is 5.73 Å². The van der Waals surface area contributed by atoms with Crippen LogP contribution < -0.4 is 11.1 Å². The second kappa shape index (κ2) is 11.3. The van der Waals surface area contributed by atoms with Crippen LogP contribution in [-0.4, -0.2) is 71.5 Å². The van der Waals surface area contributed by atoms with Gasteiger partial charge in [0, 0.05) is 44.1 Å². The summed E-state index contributed by atoms with van der Waals surface area (Å²) in [6.45, 7) is 4.83. The predicted octanol–water partition coefficient (Wildman–Crippen LogP) is 3.01. The molecular formula is C29H38N4O3S. The Morgan fingerprint density at radius 1 is 1.14 bits per heavy atom. The van der Waals surface area contributed by atoms with Gasteiger partial charge in [-0.15, -0.1) is 0 Å². The van der Waals surface area contributed by atoms with Crippen LogP contribution >= 0.6 is 11.8 Å². The molecule has 0 aliphatic carbocycles. The lowest BCUT2D eigenvalue weighted by atomic mass is 9.69. The van der Waals surface area contributed by atoms with E-state index in [0.717, 1.165) is 29.7 Å². The molecule has 2 unspecified atom stereocenters. The first kappa shape index (κ1) is 27.2. The second-order valence-corrected chi connectivity index (χ2v) is 11.9. The molecule has 2 aromatic rings. The molecule has 2 aromatic carbocycles. The van der Waals surface area contributed by atoms with E-state index in [0.29, 0.717) is 25.4 Å². The molecule has 7 nitrogen and oxygen atoms in total. The molecule has 2 aliphatic rings. The predicted molar refractivity (Wildman–Crippen MR) is 148 cm³/mol. The molecule has 2 aliphatic heterocycles. The third kappa shape index (κ3) is 6.02. The highest BCUT2D eigenvalue weighted by Gasteiger charge is 2.55. The summed E-state index contributed by atoms with van der Waals surface area (Å²) in [6.07, 6.45) is 1.49. The Kier molecular flexibility index (Phi) is 8.29. The minimum absolute atomic E-state index is 0.0188. The first-order chi connectivity index (χ1) is 17.6. The number of amides is 3. The average molecular weight is 523 g/mol. The molecule has 2 heterocycles. The standard InChI is InChI=1S/C29H38N4O3S/c1-28(2,30)26(35)31-24(19-37-18-21-11-6-4-7-12-21)25(34)33-16-10-15-29(20-33)23(17-32(3)27(29)36)22-13-8-5-9-14-22/h4-9,11-14,23-24H,10,15-20,30H2,1-3H3,(H,31,35)/t23?,24?,29-/m0/s1. The lowest BCUT2D eigenvalue weighted by Gasteiger charge is -2.43. The fraction of sp³-hybridized carbons (Fsp3) is 0.483. The Balaban J connectivity index is 1.54. The number of carbonyl (C=O) groups is 3. The smallest absolute Gasteiger partial charge is 0.246 e. The van der Waals surface area contributed by atoms with E-state index in [1.807, 2.05) is 55.6 Å². The average Bonchev–Trinajstić information content (AvgIpc) is 3.13. The summed E-state index contributed by atoms with van der Waals surface area (Å²) in [5.74, 6) is 0.763. The second-order valence-electron chi connectivity index (χ2n) is 10.9. The number of nitrogens with one attached hydrogen (secondary N) is 1. The van der Waals surface area contributed by atoms with Crippen LogP contribution in [0, 0.1) is 5.41 Å². The number of hydrogen-bond donors (Lipinski definition) is 2. The highest BCUT2D eigenvalue weighted by molar-refractivity contribution is 7.98. The van der Waals surface area contributed by atoms with E-state index in [1.54, 1.807) is 35.4 Å². The van der Waals surface area contributed by atoms with Gasteiger partial charge in [0.15, 0.2) is 0 Å². The molecule has 8 heteroatoms. The summed E-state index contributed by atoms with van der Waals surface area (Å²) in [7, 11) is 1.85. The molecule has 0 aromatic heterocycles. The fourth-order valence-electron chi connectivity index (χ4n) is 5.51. The number of benzene rings is 2. The highest BCUT2D eigenvalue weighted by atomic mass is 32.2. The summed E-state index contributed by atoms with van der Waals surface area (Å²) in [5, 5.41) is 2.91. The monoisotopic (exact) mass is 522 g/mol. The van der Waals surface area contributed by atoms with Gasteiger partial charge in [0.2, 0.25) is 17.7 Å². The molecule has 3 N–H and O–H groups in total. The van der Waals surface area contributed by atoms with Crippen molar-refractivity contribution in [2.75, 3.05) is 32.4 Å². The van der Waals surface area contributed by atoms with Crippen molar-refractivity contribution in [3.05, 3.63) is 71.8 Å².